The molecule has 1 unspecified atom stereocenters. The monoisotopic (exact) mass is 221 g/mol. The van der Waals surface area contributed by atoms with Gasteiger partial charge in [0.1, 0.15) is 5.75 Å². The SMILES string of the molecule is CCC(C)(C)c1ccc(O)c(CC(C)N)c1. The van der Waals surface area contributed by atoms with Crippen LogP contribution in [0.1, 0.15) is 45.2 Å². The first-order valence-corrected chi connectivity index (χ1v) is 5.94. The van der Waals surface area contributed by atoms with Gasteiger partial charge < -0.3 is 10.8 Å². The van der Waals surface area contributed by atoms with E-state index in [9.17, 15) is 5.11 Å². The van der Waals surface area contributed by atoms with Crippen molar-refractivity contribution >= 4 is 0 Å². The number of benzene rings is 1. The molecule has 1 aromatic carbocycles. The molecule has 0 spiro atoms. The van der Waals surface area contributed by atoms with E-state index < -0.39 is 0 Å². The van der Waals surface area contributed by atoms with Crippen molar-refractivity contribution in [1.82, 2.24) is 0 Å². The summed E-state index contributed by atoms with van der Waals surface area (Å²) in [4.78, 5) is 0. The molecule has 0 heterocycles. The molecule has 2 heteroatoms. The van der Waals surface area contributed by atoms with Gasteiger partial charge in [-0.25, -0.2) is 0 Å². The predicted octanol–water partition coefficient (Wildman–Crippen LogP) is 2.97. The second-order valence-electron chi connectivity index (χ2n) is 5.26. The smallest absolute Gasteiger partial charge is 0.118 e. The summed E-state index contributed by atoms with van der Waals surface area (Å²) in [5, 5.41) is 9.77. The van der Waals surface area contributed by atoms with Crippen LogP contribution in [-0.4, -0.2) is 11.1 Å². The van der Waals surface area contributed by atoms with E-state index in [0.29, 0.717) is 5.75 Å². The van der Waals surface area contributed by atoms with Crippen molar-refractivity contribution in [3.05, 3.63) is 29.3 Å². The molecule has 0 saturated heterocycles. The summed E-state index contributed by atoms with van der Waals surface area (Å²) in [6.45, 7) is 8.57. The van der Waals surface area contributed by atoms with Crippen molar-refractivity contribution in [2.75, 3.05) is 0 Å². The van der Waals surface area contributed by atoms with Gasteiger partial charge >= 0.3 is 0 Å². The zero-order valence-corrected chi connectivity index (χ0v) is 10.7. The first-order chi connectivity index (χ1) is 7.36. The van der Waals surface area contributed by atoms with Gasteiger partial charge in [-0.3, -0.25) is 0 Å². The van der Waals surface area contributed by atoms with Gasteiger partial charge in [0.05, 0.1) is 0 Å². The molecule has 3 N–H and O–H groups in total. The number of rotatable bonds is 4. The standard InChI is InChI=1S/C14H23NO/c1-5-14(3,4)12-6-7-13(16)11(9-12)8-10(2)15/h6-7,9-10,16H,5,8,15H2,1-4H3. The fraction of sp³-hybridized carbons (Fsp3) is 0.571. The van der Waals surface area contributed by atoms with Crippen LogP contribution in [0.3, 0.4) is 0 Å². The summed E-state index contributed by atoms with van der Waals surface area (Å²) in [6.07, 6.45) is 1.80. The van der Waals surface area contributed by atoms with Crippen LogP contribution in [0, 0.1) is 0 Å². The van der Waals surface area contributed by atoms with Gasteiger partial charge in [-0.1, -0.05) is 32.9 Å². The molecule has 2 nitrogen and oxygen atoms in total. The summed E-state index contributed by atoms with van der Waals surface area (Å²) in [5.41, 5.74) is 8.15. The molecule has 0 aliphatic carbocycles. The van der Waals surface area contributed by atoms with E-state index in [2.05, 4.69) is 26.8 Å². The minimum atomic E-state index is 0.0749. The lowest BCUT2D eigenvalue weighted by Gasteiger charge is -2.24. The van der Waals surface area contributed by atoms with Crippen molar-refractivity contribution in [3.8, 4) is 5.75 Å². The third-order valence-corrected chi connectivity index (χ3v) is 3.29. The highest BCUT2D eigenvalue weighted by Crippen LogP contribution is 2.30. The molecule has 0 amide bonds. The topological polar surface area (TPSA) is 46.2 Å². The van der Waals surface area contributed by atoms with Gasteiger partial charge in [-0.2, -0.15) is 0 Å². The maximum Gasteiger partial charge on any atom is 0.118 e. The van der Waals surface area contributed by atoms with E-state index in [-0.39, 0.29) is 11.5 Å². The van der Waals surface area contributed by atoms with Gasteiger partial charge in [-0.05, 0) is 42.4 Å². The molecule has 0 radical (unpaired) electrons. The highest BCUT2D eigenvalue weighted by atomic mass is 16.3. The normalized spacial score (nSPS) is 13.8. The Balaban J connectivity index is 3.07. The van der Waals surface area contributed by atoms with E-state index in [1.807, 2.05) is 13.0 Å². The third-order valence-electron chi connectivity index (χ3n) is 3.29. The Hall–Kier alpha value is -1.02. The minimum absolute atomic E-state index is 0.0749. The zero-order valence-electron chi connectivity index (χ0n) is 10.7. The molecule has 0 aliphatic rings. The van der Waals surface area contributed by atoms with Crippen molar-refractivity contribution in [2.45, 2.75) is 52.0 Å². The fourth-order valence-corrected chi connectivity index (χ4v) is 1.72. The summed E-state index contributed by atoms with van der Waals surface area (Å²) >= 11 is 0. The number of phenols is 1. The lowest BCUT2D eigenvalue weighted by Crippen LogP contribution is -2.19. The van der Waals surface area contributed by atoms with Crippen LogP contribution in [0.2, 0.25) is 0 Å². The Morgan fingerprint density at radius 1 is 1.38 bits per heavy atom. The highest BCUT2D eigenvalue weighted by Gasteiger charge is 2.19. The largest absolute Gasteiger partial charge is 0.508 e. The third kappa shape index (κ3) is 2.99. The number of nitrogens with two attached hydrogens (primary N) is 1. The average molecular weight is 221 g/mol. The average Bonchev–Trinajstić information content (AvgIpc) is 2.20. The molecule has 0 aromatic heterocycles. The first-order valence-electron chi connectivity index (χ1n) is 5.94. The predicted molar refractivity (Wildman–Crippen MR) is 68.8 cm³/mol. The van der Waals surface area contributed by atoms with Crippen LogP contribution in [0.25, 0.3) is 0 Å². The lowest BCUT2D eigenvalue weighted by atomic mass is 9.81. The van der Waals surface area contributed by atoms with E-state index in [4.69, 9.17) is 5.73 Å². The molecule has 1 atom stereocenters. The van der Waals surface area contributed by atoms with Crippen molar-refractivity contribution in [1.29, 1.82) is 0 Å². The Bertz CT molecular complexity index is 356. The lowest BCUT2D eigenvalue weighted by molar-refractivity contribution is 0.461. The van der Waals surface area contributed by atoms with E-state index in [1.165, 1.54) is 5.56 Å². The Kier molecular flexibility index (Phi) is 3.98. The molecular weight excluding hydrogens is 198 g/mol. The van der Waals surface area contributed by atoms with Crippen LogP contribution in [0.4, 0.5) is 0 Å². The Morgan fingerprint density at radius 2 is 2.00 bits per heavy atom. The van der Waals surface area contributed by atoms with Crippen LogP contribution in [0.5, 0.6) is 5.75 Å². The van der Waals surface area contributed by atoms with Gasteiger partial charge in [0.25, 0.3) is 0 Å². The molecule has 0 bridgehead atoms. The summed E-state index contributed by atoms with van der Waals surface area (Å²) in [7, 11) is 0. The molecular formula is C14H23NO. The fourth-order valence-electron chi connectivity index (χ4n) is 1.72. The number of hydrogen-bond donors (Lipinski definition) is 2. The maximum atomic E-state index is 9.77. The zero-order chi connectivity index (χ0) is 12.3. The van der Waals surface area contributed by atoms with Crippen molar-refractivity contribution in [2.24, 2.45) is 5.73 Å². The van der Waals surface area contributed by atoms with Crippen molar-refractivity contribution < 1.29 is 5.11 Å². The van der Waals surface area contributed by atoms with E-state index in [1.54, 1.807) is 6.07 Å². The second kappa shape index (κ2) is 4.88. The van der Waals surface area contributed by atoms with Crippen LogP contribution in [-0.2, 0) is 11.8 Å². The molecule has 16 heavy (non-hydrogen) atoms. The summed E-state index contributed by atoms with van der Waals surface area (Å²) in [6, 6.07) is 5.95. The van der Waals surface area contributed by atoms with Gasteiger partial charge in [-0.15, -0.1) is 0 Å². The van der Waals surface area contributed by atoms with Crippen LogP contribution < -0.4 is 5.73 Å². The minimum Gasteiger partial charge on any atom is -0.508 e. The van der Waals surface area contributed by atoms with E-state index in [0.717, 1.165) is 18.4 Å². The Labute approximate surface area is 98.5 Å². The van der Waals surface area contributed by atoms with Gasteiger partial charge in [0.2, 0.25) is 0 Å². The number of phenolic OH excluding ortho intramolecular Hbond substituents is 1. The first kappa shape index (κ1) is 13.0. The van der Waals surface area contributed by atoms with Crippen LogP contribution in [0.15, 0.2) is 18.2 Å². The van der Waals surface area contributed by atoms with E-state index >= 15 is 0 Å². The van der Waals surface area contributed by atoms with Crippen molar-refractivity contribution in [3.63, 3.8) is 0 Å². The number of hydrogen-bond acceptors (Lipinski definition) is 2. The van der Waals surface area contributed by atoms with Crippen LogP contribution >= 0.6 is 0 Å². The molecule has 0 aliphatic heterocycles. The quantitative estimate of drug-likeness (QED) is 0.821. The Morgan fingerprint density at radius 3 is 2.50 bits per heavy atom. The molecule has 1 aromatic rings. The summed E-state index contributed by atoms with van der Waals surface area (Å²) in [5.74, 6) is 0.355. The number of aromatic hydroxyl groups is 1. The second-order valence-corrected chi connectivity index (χ2v) is 5.26. The van der Waals surface area contributed by atoms with Gasteiger partial charge in [0.15, 0.2) is 0 Å². The molecule has 0 saturated carbocycles. The van der Waals surface area contributed by atoms with Gasteiger partial charge in [0, 0.05) is 6.04 Å². The molecule has 90 valence electrons. The maximum absolute atomic E-state index is 9.77. The summed E-state index contributed by atoms with van der Waals surface area (Å²) < 4.78 is 0. The highest BCUT2D eigenvalue weighted by molar-refractivity contribution is 5.39. The molecule has 1 rings (SSSR count). The molecule has 0 fully saturated rings.